The standard InChI is InChI=1S/C16H18FN3OS/c1-10-9-22-15(18-10)8-20(2)16(21)19-12-5-6-13(11-3-4-11)14(17)7-12/h5-7,9,11H,3-4,8H2,1-2H3,(H,19,21). The number of carbonyl (C=O) groups is 1. The quantitative estimate of drug-likeness (QED) is 0.921. The number of urea groups is 1. The predicted molar refractivity (Wildman–Crippen MR) is 85.7 cm³/mol. The molecule has 1 N–H and O–H groups in total. The Hall–Kier alpha value is -1.95. The van der Waals surface area contributed by atoms with Gasteiger partial charge in [-0.2, -0.15) is 0 Å². The summed E-state index contributed by atoms with van der Waals surface area (Å²) in [6, 6.07) is 4.65. The van der Waals surface area contributed by atoms with Gasteiger partial charge >= 0.3 is 6.03 Å². The van der Waals surface area contributed by atoms with E-state index in [-0.39, 0.29) is 11.8 Å². The summed E-state index contributed by atoms with van der Waals surface area (Å²) in [7, 11) is 1.70. The average molecular weight is 319 g/mol. The lowest BCUT2D eigenvalue weighted by Gasteiger charge is -2.17. The Morgan fingerprint density at radius 3 is 2.86 bits per heavy atom. The van der Waals surface area contributed by atoms with E-state index < -0.39 is 0 Å². The summed E-state index contributed by atoms with van der Waals surface area (Å²) < 4.78 is 14.0. The first-order chi connectivity index (χ1) is 10.5. The van der Waals surface area contributed by atoms with E-state index in [9.17, 15) is 9.18 Å². The minimum absolute atomic E-state index is 0.237. The third-order valence-electron chi connectivity index (χ3n) is 3.65. The number of halogens is 1. The number of anilines is 1. The van der Waals surface area contributed by atoms with Crippen molar-refractivity contribution in [3.8, 4) is 0 Å². The molecule has 0 spiro atoms. The summed E-state index contributed by atoms with van der Waals surface area (Å²) in [4.78, 5) is 18.0. The van der Waals surface area contributed by atoms with Gasteiger partial charge in [-0.15, -0.1) is 11.3 Å². The Bertz CT molecular complexity index is 696. The van der Waals surface area contributed by atoms with Gasteiger partial charge in [0.1, 0.15) is 10.8 Å². The van der Waals surface area contributed by atoms with Crippen molar-refractivity contribution in [2.45, 2.75) is 32.2 Å². The van der Waals surface area contributed by atoms with E-state index >= 15 is 0 Å². The van der Waals surface area contributed by atoms with Gasteiger partial charge in [-0.25, -0.2) is 14.2 Å². The number of hydrogen-bond acceptors (Lipinski definition) is 3. The van der Waals surface area contributed by atoms with Crippen molar-refractivity contribution < 1.29 is 9.18 Å². The summed E-state index contributed by atoms with van der Waals surface area (Å²) >= 11 is 1.52. The minimum atomic E-state index is -0.272. The fourth-order valence-electron chi connectivity index (χ4n) is 2.30. The van der Waals surface area contributed by atoms with E-state index in [1.165, 1.54) is 22.3 Å². The van der Waals surface area contributed by atoms with E-state index in [2.05, 4.69) is 10.3 Å². The molecule has 4 nitrogen and oxygen atoms in total. The van der Waals surface area contributed by atoms with E-state index in [4.69, 9.17) is 0 Å². The fourth-order valence-corrected chi connectivity index (χ4v) is 3.12. The van der Waals surface area contributed by atoms with Crippen LogP contribution >= 0.6 is 11.3 Å². The summed E-state index contributed by atoms with van der Waals surface area (Å²) in [5.41, 5.74) is 2.19. The molecule has 2 aromatic rings. The number of aromatic nitrogens is 1. The summed E-state index contributed by atoms with van der Waals surface area (Å²) in [5, 5.41) is 5.55. The van der Waals surface area contributed by atoms with Gasteiger partial charge in [0.25, 0.3) is 0 Å². The van der Waals surface area contributed by atoms with Crippen LogP contribution in [0.25, 0.3) is 0 Å². The van der Waals surface area contributed by atoms with Crippen molar-refractivity contribution in [1.29, 1.82) is 0 Å². The molecular formula is C16H18FN3OS. The molecule has 1 fully saturated rings. The molecule has 2 amide bonds. The largest absolute Gasteiger partial charge is 0.321 e. The lowest BCUT2D eigenvalue weighted by Crippen LogP contribution is -2.30. The number of nitrogens with zero attached hydrogens (tertiary/aromatic N) is 2. The Kier molecular flexibility index (Phi) is 4.11. The van der Waals surface area contributed by atoms with Crippen LogP contribution in [-0.2, 0) is 6.54 Å². The Morgan fingerprint density at radius 1 is 1.50 bits per heavy atom. The molecule has 0 saturated heterocycles. The number of amides is 2. The van der Waals surface area contributed by atoms with Gasteiger partial charge in [-0.05, 0) is 43.4 Å². The molecule has 1 saturated carbocycles. The van der Waals surface area contributed by atoms with Crippen LogP contribution in [0.3, 0.4) is 0 Å². The Labute approximate surface area is 133 Å². The molecule has 3 rings (SSSR count). The second-order valence-electron chi connectivity index (χ2n) is 5.68. The molecule has 0 aliphatic heterocycles. The number of aryl methyl sites for hydroxylation is 1. The minimum Gasteiger partial charge on any atom is -0.321 e. The first-order valence-electron chi connectivity index (χ1n) is 7.25. The number of thiazole rings is 1. The maximum Gasteiger partial charge on any atom is 0.321 e. The zero-order valence-electron chi connectivity index (χ0n) is 12.6. The van der Waals surface area contributed by atoms with Crippen molar-refractivity contribution in [3.63, 3.8) is 0 Å². The fraction of sp³-hybridized carbons (Fsp3) is 0.375. The van der Waals surface area contributed by atoms with Gasteiger partial charge < -0.3 is 10.2 Å². The van der Waals surface area contributed by atoms with Crippen molar-refractivity contribution in [1.82, 2.24) is 9.88 Å². The third kappa shape index (κ3) is 3.44. The molecule has 22 heavy (non-hydrogen) atoms. The van der Waals surface area contributed by atoms with Crippen LogP contribution in [0.2, 0.25) is 0 Å². The molecule has 0 radical (unpaired) electrons. The SMILES string of the molecule is Cc1csc(CN(C)C(=O)Nc2ccc(C3CC3)c(F)c2)n1. The molecule has 1 heterocycles. The van der Waals surface area contributed by atoms with Crippen LogP contribution in [0.1, 0.15) is 35.0 Å². The molecule has 0 atom stereocenters. The van der Waals surface area contributed by atoms with Crippen LogP contribution in [-0.4, -0.2) is 23.0 Å². The predicted octanol–water partition coefficient (Wildman–Crippen LogP) is 4.13. The maximum atomic E-state index is 14.0. The Balaban J connectivity index is 1.62. The molecule has 1 aromatic heterocycles. The highest BCUT2D eigenvalue weighted by atomic mass is 32.1. The molecular weight excluding hydrogens is 301 g/mol. The average Bonchev–Trinajstić information content (AvgIpc) is 3.22. The summed E-state index contributed by atoms with van der Waals surface area (Å²) in [6.07, 6.45) is 2.11. The molecule has 1 aromatic carbocycles. The lowest BCUT2D eigenvalue weighted by atomic mass is 10.1. The molecule has 6 heteroatoms. The zero-order chi connectivity index (χ0) is 15.7. The Morgan fingerprint density at radius 2 is 2.27 bits per heavy atom. The molecule has 0 unspecified atom stereocenters. The smallest absolute Gasteiger partial charge is 0.321 e. The lowest BCUT2D eigenvalue weighted by molar-refractivity contribution is 0.220. The molecule has 116 valence electrons. The van der Waals surface area contributed by atoms with Crippen LogP contribution in [0.4, 0.5) is 14.9 Å². The van der Waals surface area contributed by atoms with Gasteiger partial charge in [0.15, 0.2) is 0 Å². The van der Waals surface area contributed by atoms with Crippen molar-refractivity contribution >= 4 is 23.1 Å². The number of carbonyl (C=O) groups excluding carboxylic acids is 1. The van der Waals surface area contributed by atoms with Gasteiger partial charge in [-0.3, -0.25) is 0 Å². The van der Waals surface area contributed by atoms with Crippen molar-refractivity contribution in [2.75, 3.05) is 12.4 Å². The van der Waals surface area contributed by atoms with Crippen molar-refractivity contribution in [2.24, 2.45) is 0 Å². The highest BCUT2D eigenvalue weighted by molar-refractivity contribution is 7.09. The van der Waals surface area contributed by atoms with E-state index in [0.29, 0.717) is 18.2 Å². The number of nitrogens with one attached hydrogen (secondary N) is 1. The first-order valence-corrected chi connectivity index (χ1v) is 8.13. The molecule has 1 aliphatic rings. The normalized spacial score (nSPS) is 14.0. The monoisotopic (exact) mass is 319 g/mol. The number of benzene rings is 1. The van der Waals surface area contributed by atoms with Gasteiger partial charge in [0, 0.05) is 23.8 Å². The van der Waals surface area contributed by atoms with E-state index in [1.807, 2.05) is 12.3 Å². The van der Waals surface area contributed by atoms with Gasteiger partial charge in [-0.1, -0.05) is 6.07 Å². The second-order valence-corrected chi connectivity index (χ2v) is 6.62. The van der Waals surface area contributed by atoms with Crippen LogP contribution in [0.15, 0.2) is 23.6 Å². The van der Waals surface area contributed by atoms with E-state index in [0.717, 1.165) is 29.1 Å². The highest BCUT2D eigenvalue weighted by Gasteiger charge is 2.26. The van der Waals surface area contributed by atoms with Gasteiger partial charge in [0.05, 0.1) is 6.54 Å². The van der Waals surface area contributed by atoms with Crippen molar-refractivity contribution in [3.05, 3.63) is 45.7 Å². The molecule has 0 bridgehead atoms. The van der Waals surface area contributed by atoms with Crippen LogP contribution in [0.5, 0.6) is 0 Å². The maximum absolute atomic E-state index is 14.0. The van der Waals surface area contributed by atoms with Crippen LogP contribution < -0.4 is 5.32 Å². The number of hydrogen-bond donors (Lipinski definition) is 1. The van der Waals surface area contributed by atoms with Gasteiger partial charge in [0.2, 0.25) is 0 Å². The van der Waals surface area contributed by atoms with E-state index in [1.54, 1.807) is 19.2 Å². The topological polar surface area (TPSA) is 45.2 Å². The summed E-state index contributed by atoms with van der Waals surface area (Å²) in [5.74, 6) is 0.124. The van der Waals surface area contributed by atoms with Crippen LogP contribution in [0, 0.1) is 12.7 Å². The summed E-state index contributed by atoms with van der Waals surface area (Å²) in [6.45, 7) is 2.36. The first kappa shape index (κ1) is 15.0. The zero-order valence-corrected chi connectivity index (χ0v) is 13.4. The highest BCUT2D eigenvalue weighted by Crippen LogP contribution is 2.41. The number of rotatable bonds is 4. The second kappa shape index (κ2) is 6.04. The third-order valence-corrected chi connectivity index (χ3v) is 4.61. The molecule has 1 aliphatic carbocycles.